The van der Waals surface area contributed by atoms with Crippen LogP contribution in [0.3, 0.4) is 0 Å². The summed E-state index contributed by atoms with van der Waals surface area (Å²) in [7, 11) is 0. The van der Waals surface area contributed by atoms with E-state index in [1.807, 2.05) is 42.5 Å². The fourth-order valence-electron chi connectivity index (χ4n) is 2.25. The van der Waals surface area contributed by atoms with Crippen LogP contribution in [0.1, 0.15) is 15.9 Å². The molecule has 0 aliphatic rings. The molecule has 118 valence electrons. The molecule has 0 heterocycles. The average molecular weight is 319 g/mol. The van der Waals surface area contributed by atoms with Crippen LogP contribution in [0.2, 0.25) is 0 Å². The third-order valence-electron chi connectivity index (χ3n) is 3.49. The molecule has 3 aromatic rings. The van der Waals surface area contributed by atoms with Gasteiger partial charge in [-0.05, 0) is 34.5 Å². The monoisotopic (exact) mass is 319 g/mol. The van der Waals surface area contributed by atoms with Crippen molar-refractivity contribution in [3.8, 4) is 0 Å². The van der Waals surface area contributed by atoms with E-state index >= 15 is 0 Å². The quantitative estimate of drug-likeness (QED) is 0.453. The summed E-state index contributed by atoms with van der Waals surface area (Å²) in [4.78, 5) is 22.0. The Kier molecular flexibility index (Phi) is 4.29. The number of hydrazone groups is 1. The zero-order valence-electron chi connectivity index (χ0n) is 12.5. The fourth-order valence-corrected chi connectivity index (χ4v) is 2.25. The first-order valence-electron chi connectivity index (χ1n) is 7.20. The number of hydrogen-bond acceptors (Lipinski definition) is 4. The lowest BCUT2D eigenvalue weighted by atomic mass is 10.1. The predicted molar refractivity (Wildman–Crippen MR) is 92.1 cm³/mol. The Morgan fingerprint density at radius 3 is 2.42 bits per heavy atom. The zero-order valence-corrected chi connectivity index (χ0v) is 12.5. The molecule has 0 bridgehead atoms. The van der Waals surface area contributed by atoms with Crippen LogP contribution in [0, 0.1) is 10.1 Å². The minimum atomic E-state index is -0.514. The lowest BCUT2D eigenvalue weighted by Gasteiger charge is -2.01. The molecule has 3 rings (SSSR count). The number of amides is 1. The number of benzene rings is 3. The highest BCUT2D eigenvalue weighted by Gasteiger charge is 2.08. The number of nitro benzene ring substituents is 1. The maximum atomic E-state index is 11.9. The molecule has 0 unspecified atom stereocenters. The van der Waals surface area contributed by atoms with Crippen molar-refractivity contribution in [1.82, 2.24) is 5.43 Å². The van der Waals surface area contributed by atoms with Crippen LogP contribution in [0.5, 0.6) is 0 Å². The van der Waals surface area contributed by atoms with E-state index in [9.17, 15) is 14.9 Å². The molecule has 0 aliphatic carbocycles. The van der Waals surface area contributed by atoms with Gasteiger partial charge in [0.05, 0.1) is 11.1 Å². The molecule has 3 aromatic carbocycles. The Morgan fingerprint density at radius 2 is 1.71 bits per heavy atom. The fraction of sp³-hybridized carbons (Fsp3) is 0. The van der Waals surface area contributed by atoms with E-state index in [1.54, 1.807) is 6.21 Å². The molecule has 0 fully saturated rings. The largest absolute Gasteiger partial charge is 0.271 e. The summed E-state index contributed by atoms with van der Waals surface area (Å²) in [5, 5.41) is 16.7. The topological polar surface area (TPSA) is 84.6 Å². The summed E-state index contributed by atoms with van der Waals surface area (Å²) >= 11 is 0. The van der Waals surface area contributed by atoms with Gasteiger partial charge in [-0.1, -0.05) is 36.4 Å². The first-order valence-corrected chi connectivity index (χ1v) is 7.20. The molecular weight excluding hydrogens is 306 g/mol. The summed E-state index contributed by atoms with van der Waals surface area (Å²) in [6.07, 6.45) is 1.55. The van der Waals surface area contributed by atoms with Crippen molar-refractivity contribution in [2.24, 2.45) is 5.10 Å². The molecule has 0 saturated carbocycles. The summed E-state index contributed by atoms with van der Waals surface area (Å²) < 4.78 is 0. The van der Waals surface area contributed by atoms with Crippen LogP contribution >= 0.6 is 0 Å². The van der Waals surface area contributed by atoms with Gasteiger partial charge in [-0.2, -0.15) is 5.10 Å². The lowest BCUT2D eigenvalue weighted by molar-refractivity contribution is -0.384. The molecule has 6 heteroatoms. The van der Waals surface area contributed by atoms with E-state index < -0.39 is 10.8 Å². The molecule has 1 amide bonds. The van der Waals surface area contributed by atoms with Gasteiger partial charge in [-0.15, -0.1) is 0 Å². The van der Waals surface area contributed by atoms with Crippen LogP contribution in [-0.4, -0.2) is 17.0 Å². The highest BCUT2D eigenvalue weighted by atomic mass is 16.6. The van der Waals surface area contributed by atoms with Crippen LogP contribution in [0.25, 0.3) is 10.8 Å². The van der Waals surface area contributed by atoms with Gasteiger partial charge in [0.2, 0.25) is 0 Å². The van der Waals surface area contributed by atoms with Gasteiger partial charge in [-0.3, -0.25) is 14.9 Å². The van der Waals surface area contributed by atoms with Crippen molar-refractivity contribution >= 4 is 28.6 Å². The lowest BCUT2D eigenvalue weighted by Crippen LogP contribution is -2.17. The van der Waals surface area contributed by atoms with Gasteiger partial charge < -0.3 is 0 Å². The van der Waals surface area contributed by atoms with E-state index in [0.29, 0.717) is 5.56 Å². The molecular formula is C18H13N3O3. The molecule has 6 nitrogen and oxygen atoms in total. The summed E-state index contributed by atoms with van der Waals surface area (Å²) in [5.74, 6) is -0.429. The maximum Gasteiger partial charge on any atom is 0.271 e. The van der Waals surface area contributed by atoms with Gasteiger partial charge in [-0.25, -0.2) is 5.43 Å². The Hall–Kier alpha value is -3.54. The third kappa shape index (κ3) is 3.44. The average Bonchev–Trinajstić information content (AvgIpc) is 2.61. The molecule has 0 saturated heterocycles. The number of nitro groups is 1. The third-order valence-corrected chi connectivity index (χ3v) is 3.49. The Labute approximate surface area is 137 Å². The number of nitrogens with one attached hydrogen (secondary N) is 1. The number of nitrogens with zero attached hydrogens (tertiary/aromatic N) is 2. The van der Waals surface area contributed by atoms with Crippen molar-refractivity contribution in [3.05, 3.63) is 88.0 Å². The molecule has 1 N–H and O–H groups in total. The van der Waals surface area contributed by atoms with Crippen molar-refractivity contribution in [1.29, 1.82) is 0 Å². The van der Waals surface area contributed by atoms with Crippen LogP contribution in [0.15, 0.2) is 71.8 Å². The van der Waals surface area contributed by atoms with Gasteiger partial charge in [0.1, 0.15) is 0 Å². The number of carbonyl (C=O) groups excluding carboxylic acids is 1. The molecule has 0 spiro atoms. The maximum absolute atomic E-state index is 11.9. The second-order valence-corrected chi connectivity index (χ2v) is 5.11. The second kappa shape index (κ2) is 6.70. The minimum Gasteiger partial charge on any atom is -0.267 e. The van der Waals surface area contributed by atoms with E-state index in [0.717, 1.165) is 16.3 Å². The normalized spacial score (nSPS) is 10.8. The molecule has 0 atom stereocenters. The minimum absolute atomic E-state index is 0.0637. The molecule has 0 aromatic heterocycles. The van der Waals surface area contributed by atoms with Crippen molar-refractivity contribution in [3.63, 3.8) is 0 Å². The smallest absolute Gasteiger partial charge is 0.267 e. The van der Waals surface area contributed by atoms with Crippen LogP contribution in [-0.2, 0) is 0 Å². The van der Waals surface area contributed by atoms with E-state index in [2.05, 4.69) is 10.5 Å². The Balaban J connectivity index is 1.68. The Morgan fingerprint density at radius 1 is 1.00 bits per heavy atom. The standard InChI is InChI=1S/C18H13N3O3/c22-18(15-7-9-17(10-8-15)21(23)24)20-19-12-13-5-6-14-3-1-2-4-16(14)11-13/h1-12H,(H,20,22). The highest BCUT2D eigenvalue weighted by molar-refractivity contribution is 5.95. The molecule has 0 radical (unpaired) electrons. The molecule has 0 aliphatic heterocycles. The number of rotatable bonds is 4. The number of carbonyl (C=O) groups is 1. The number of fused-ring (bicyclic) bond motifs is 1. The van der Waals surface area contributed by atoms with Gasteiger partial charge in [0.15, 0.2) is 0 Å². The van der Waals surface area contributed by atoms with Crippen molar-refractivity contribution in [2.75, 3.05) is 0 Å². The van der Waals surface area contributed by atoms with Crippen LogP contribution in [0.4, 0.5) is 5.69 Å². The number of hydrogen-bond donors (Lipinski definition) is 1. The predicted octanol–water partition coefficient (Wildman–Crippen LogP) is 3.51. The first kappa shape index (κ1) is 15.4. The summed E-state index contributed by atoms with van der Waals surface area (Å²) in [5.41, 5.74) is 3.50. The zero-order chi connectivity index (χ0) is 16.9. The first-order chi connectivity index (χ1) is 11.6. The van der Waals surface area contributed by atoms with Crippen molar-refractivity contribution in [2.45, 2.75) is 0 Å². The van der Waals surface area contributed by atoms with Gasteiger partial charge >= 0.3 is 0 Å². The van der Waals surface area contributed by atoms with E-state index in [1.165, 1.54) is 24.3 Å². The highest BCUT2D eigenvalue weighted by Crippen LogP contribution is 2.14. The summed E-state index contributed by atoms with van der Waals surface area (Å²) in [6, 6.07) is 19.1. The van der Waals surface area contributed by atoms with Crippen LogP contribution < -0.4 is 5.43 Å². The van der Waals surface area contributed by atoms with Gasteiger partial charge in [0, 0.05) is 17.7 Å². The Bertz CT molecular complexity index is 934. The van der Waals surface area contributed by atoms with Gasteiger partial charge in [0.25, 0.3) is 11.6 Å². The number of non-ortho nitro benzene ring substituents is 1. The van der Waals surface area contributed by atoms with E-state index in [4.69, 9.17) is 0 Å². The second-order valence-electron chi connectivity index (χ2n) is 5.11. The summed E-state index contributed by atoms with van der Waals surface area (Å²) in [6.45, 7) is 0. The SMILES string of the molecule is O=C(NN=Cc1ccc2ccccc2c1)c1ccc([N+](=O)[O-])cc1. The van der Waals surface area contributed by atoms with Crippen molar-refractivity contribution < 1.29 is 9.72 Å². The molecule has 24 heavy (non-hydrogen) atoms. The van der Waals surface area contributed by atoms with E-state index in [-0.39, 0.29) is 5.69 Å².